The van der Waals surface area contributed by atoms with Gasteiger partial charge in [-0.1, -0.05) is 11.6 Å². The summed E-state index contributed by atoms with van der Waals surface area (Å²) in [7, 11) is 3.31. The van der Waals surface area contributed by atoms with Crippen LogP contribution in [0.5, 0.6) is 0 Å². The molecule has 1 aromatic heterocycles. The van der Waals surface area contributed by atoms with Gasteiger partial charge >= 0.3 is 0 Å². The lowest BCUT2D eigenvalue weighted by atomic mass is 10.2. The van der Waals surface area contributed by atoms with Crippen molar-refractivity contribution in [2.75, 3.05) is 45.4 Å². The molecule has 0 aliphatic heterocycles. The van der Waals surface area contributed by atoms with Gasteiger partial charge in [0.05, 0.1) is 11.6 Å². The molecule has 0 bridgehead atoms. The smallest absolute Gasteiger partial charge is 0.148 e. The summed E-state index contributed by atoms with van der Waals surface area (Å²) in [6.07, 6.45) is 2.45. The van der Waals surface area contributed by atoms with Gasteiger partial charge in [0.2, 0.25) is 0 Å². The number of hydrogen-bond donors (Lipinski definition) is 2. The van der Waals surface area contributed by atoms with Crippen molar-refractivity contribution in [3.05, 3.63) is 22.8 Å². The molecule has 20 heavy (non-hydrogen) atoms. The molecule has 0 aliphatic carbocycles. The summed E-state index contributed by atoms with van der Waals surface area (Å²) in [5.41, 5.74) is 6.00. The average molecular weight is 301 g/mol. The fourth-order valence-electron chi connectivity index (χ4n) is 1.79. The molecule has 0 aromatic carbocycles. The Bertz CT molecular complexity index is 442. The molecule has 0 atom stereocenters. The average Bonchev–Trinajstić information content (AvgIpc) is 2.43. The Balaban J connectivity index is 2.93. The highest BCUT2D eigenvalue weighted by Gasteiger charge is 2.15. The first kappa shape index (κ1) is 16.7. The van der Waals surface area contributed by atoms with E-state index in [-0.39, 0.29) is 5.84 Å². The lowest BCUT2D eigenvalue weighted by Crippen LogP contribution is -2.30. The third-order valence-electron chi connectivity index (χ3n) is 2.80. The van der Waals surface area contributed by atoms with Gasteiger partial charge in [-0.3, -0.25) is 5.41 Å². The molecular weight excluding hydrogens is 280 g/mol. The Morgan fingerprint density at radius 1 is 1.35 bits per heavy atom. The quantitative estimate of drug-likeness (QED) is 0.410. The highest BCUT2D eigenvalue weighted by Crippen LogP contribution is 2.26. The zero-order valence-electron chi connectivity index (χ0n) is 11.9. The number of nitrogens with zero attached hydrogens (tertiary/aromatic N) is 2. The number of anilines is 1. The second-order valence-corrected chi connectivity index (χ2v) is 4.61. The Hall–Kier alpha value is -1.37. The Labute approximate surface area is 124 Å². The van der Waals surface area contributed by atoms with Crippen molar-refractivity contribution in [2.24, 2.45) is 5.73 Å². The van der Waals surface area contributed by atoms with Gasteiger partial charge in [0.25, 0.3) is 0 Å². The van der Waals surface area contributed by atoms with Gasteiger partial charge in [0.1, 0.15) is 11.7 Å². The van der Waals surface area contributed by atoms with Crippen LogP contribution >= 0.6 is 11.6 Å². The number of pyridine rings is 1. The molecule has 3 N–H and O–H groups in total. The van der Waals surface area contributed by atoms with E-state index in [1.807, 2.05) is 4.90 Å². The number of ether oxygens (including phenoxy) is 2. The van der Waals surface area contributed by atoms with E-state index in [9.17, 15) is 0 Å². The summed E-state index contributed by atoms with van der Waals surface area (Å²) in [5, 5.41) is 7.92. The van der Waals surface area contributed by atoms with Crippen LogP contribution in [0.25, 0.3) is 0 Å². The van der Waals surface area contributed by atoms with Crippen LogP contribution < -0.4 is 10.6 Å². The summed E-state index contributed by atoms with van der Waals surface area (Å²) in [6.45, 7) is 2.63. The van der Waals surface area contributed by atoms with Crippen molar-refractivity contribution in [3.63, 3.8) is 0 Å². The van der Waals surface area contributed by atoms with Crippen LogP contribution in [0.4, 0.5) is 5.82 Å². The molecule has 0 saturated carbocycles. The molecule has 112 valence electrons. The van der Waals surface area contributed by atoms with E-state index in [0.717, 1.165) is 13.0 Å². The van der Waals surface area contributed by atoms with Crippen molar-refractivity contribution < 1.29 is 9.47 Å². The molecule has 7 heteroatoms. The number of rotatable bonds is 9. The number of methoxy groups -OCH3 is 2. The number of halogens is 1. The van der Waals surface area contributed by atoms with Crippen LogP contribution in [-0.2, 0) is 9.47 Å². The molecule has 0 aliphatic rings. The molecule has 1 aromatic rings. The number of hydrogen-bond acceptors (Lipinski definition) is 5. The molecular formula is C13H21ClN4O2. The van der Waals surface area contributed by atoms with E-state index in [1.165, 1.54) is 0 Å². The van der Waals surface area contributed by atoms with Gasteiger partial charge in [0.15, 0.2) is 0 Å². The maximum atomic E-state index is 7.52. The zero-order chi connectivity index (χ0) is 15.0. The Kier molecular flexibility index (Phi) is 7.28. The van der Waals surface area contributed by atoms with Crippen molar-refractivity contribution in [1.82, 2.24) is 4.98 Å². The highest BCUT2D eigenvalue weighted by molar-refractivity contribution is 6.36. The van der Waals surface area contributed by atoms with E-state index in [2.05, 4.69) is 4.98 Å². The summed E-state index contributed by atoms with van der Waals surface area (Å²) < 4.78 is 10.2. The summed E-state index contributed by atoms with van der Waals surface area (Å²) >= 11 is 6.29. The summed E-state index contributed by atoms with van der Waals surface area (Å²) in [5.74, 6) is 0.551. The standard InChI is InChI=1S/C13H21ClN4O2/c1-19-8-3-6-18(7-9-20-2)13-11(14)10(12(15)16)4-5-17-13/h4-5H,3,6-9H2,1-2H3,(H3,15,16). The largest absolute Gasteiger partial charge is 0.385 e. The first-order valence-electron chi connectivity index (χ1n) is 6.33. The van der Waals surface area contributed by atoms with Crippen molar-refractivity contribution >= 4 is 23.3 Å². The molecule has 0 fully saturated rings. The fraction of sp³-hybridized carbons (Fsp3) is 0.538. The number of nitrogens with one attached hydrogen (secondary N) is 1. The molecule has 0 amide bonds. The molecule has 0 unspecified atom stereocenters. The Morgan fingerprint density at radius 2 is 2.05 bits per heavy atom. The third kappa shape index (κ3) is 4.63. The Morgan fingerprint density at radius 3 is 2.65 bits per heavy atom. The van der Waals surface area contributed by atoms with Gasteiger partial charge in [-0.25, -0.2) is 4.98 Å². The fourth-order valence-corrected chi connectivity index (χ4v) is 2.12. The van der Waals surface area contributed by atoms with E-state index >= 15 is 0 Å². The van der Waals surface area contributed by atoms with Crippen LogP contribution in [0.3, 0.4) is 0 Å². The lowest BCUT2D eigenvalue weighted by molar-refractivity contribution is 0.191. The predicted octanol–water partition coefficient (Wildman–Crippen LogP) is 1.51. The molecule has 1 rings (SSSR count). The van der Waals surface area contributed by atoms with Gasteiger partial charge in [0, 0.05) is 45.7 Å². The number of aromatic nitrogens is 1. The van der Waals surface area contributed by atoms with Crippen LogP contribution in [-0.4, -0.2) is 51.3 Å². The predicted molar refractivity (Wildman–Crippen MR) is 80.8 cm³/mol. The molecule has 1 heterocycles. The first-order chi connectivity index (χ1) is 9.61. The minimum absolute atomic E-state index is 0.0674. The van der Waals surface area contributed by atoms with Crippen LogP contribution in [0.2, 0.25) is 5.02 Å². The summed E-state index contributed by atoms with van der Waals surface area (Å²) in [4.78, 5) is 6.31. The van der Waals surface area contributed by atoms with Gasteiger partial charge in [-0.15, -0.1) is 0 Å². The number of nitrogens with two attached hydrogens (primary N) is 1. The second kappa shape index (κ2) is 8.73. The topological polar surface area (TPSA) is 84.5 Å². The van der Waals surface area contributed by atoms with Crippen molar-refractivity contribution in [2.45, 2.75) is 6.42 Å². The minimum atomic E-state index is -0.0674. The van der Waals surface area contributed by atoms with Crippen molar-refractivity contribution in [1.29, 1.82) is 5.41 Å². The maximum absolute atomic E-state index is 7.52. The second-order valence-electron chi connectivity index (χ2n) is 4.24. The monoisotopic (exact) mass is 300 g/mol. The van der Waals surface area contributed by atoms with Gasteiger partial charge in [-0.05, 0) is 12.5 Å². The normalized spacial score (nSPS) is 10.6. The van der Waals surface area contributed by atoms with Crippen LogP contribution in [0, 0.1) is 5.41 Å². The zero-order valence-corrected chi connectivity index (χ0v) is 12.6. The number of nitrogen functional groups attached to an aromatic ring is 1. The lowest BCUT2D eigenvalue weighted by Gasteiger charge is -2.25. The first-order valence-corrected chi connectivity index (χ1v) is 6.71. The van der Waals surface area contributed by atoms with E-state index in [0.29, 0.717) is 36.2 Å². The molecule has 0 saturated heterocycles. The van der Waals surface area contributed by atoms with E-state index in [1.54, 1.807) is 26.5 Å². The van der Waals surface area contributed by atoms with E-state index in [4.69, 9.17) is 32.2 Å². The van der Waals surface area contributed by atoms with Gasteiger partial charge < -0.3 is 20.1 Å². The van der Waals surface area contributed by atoms with Crippen LogP contribution in [0.1, 0.15) is 12.0 Å². The maximum Gasteiger partial charge on any atom is 0.148 e. The van der Waals surface area contributed by atoms with Crippen LogP contribution in [0.15, 0.2) is 12.3 Å². The minimum Gasteiger partial charge on any atom is -0.385 e. The molecule has 6 nitrogen and oxygen atoms in total. The highest BCUT2D eigenvalue weighted by atomic mass is 35.5. The molecule has 0 spiro atoms. The van der Waals surface area contributed by atoms with Crippen molar-refractivity contribution in [3.8, 4) is 0 Å². The third-order valence-corrected chi connectivity index (χ3v) is 3.17. The SMILES string of the molecule is COCCCN(CCOC)c1nccc(C(=N)N)c1Cl. The summed E-state index contributed by atoms with van der Waals surface area (Å²) in [6, 6.07) is 1.64. The molecule has 0 radical (unpaired) electrons. The van der Waals surface area contributed by atoms with Gasteiger partial charge in [-0.2, -0.15) is 0 Å². The van der Waals surface area contributed by atoms with E-state index < -0.39 is 0 Å². The number of amidine groups is 1.